The Morgan fingerprint density at radius 3 is 1.67 bits per heavy atom. The van der Waals surface area contributed by atoms with Crippen LogP contribution in [0.5, 0.6) is 0 Å². The summed E-state index contributed by atoms with van der Waals surface area (Å²) in [5.74, 6) is 0. The Morgan fingerprint density at radius 1 is 0.889 bits per heavy atom. The van der Waals surface area contributed by atoms with E-state index >= 15 is 0 Å². The van der Waals surface area contributed by atoms with Gasteiger partial charge in [-0.3, -0.25) is 4.90 Å². The van der Waals surface area contributed by atoms with E-state index in [0.29, 0.717) is 5.54 Å². The Hall–Kier alpha value is 0.354. The number of hydrogen-bond acceptors (Lipinski definition) is 2. The highest BCUT2D eigenvalue weighted by Crippen LogP contribution is 2.21. The molecular weight excluding hydrogens is 252 g/mol. The fraction of sp³-hybridized carbons (Fsp3) is 1.00. The van der Waals surface area contributed by atoms with Crippen LogP contribution in [0.2, 0.25) is 19.1 Å². The molecule has 2 nitrogen and oxygen atoms in total. The first-order valence-corrected chi connectivity index (χ1v) is 14.0. The summed E-state index contributed by atoms with van der Waals surface area (Å²) < 4.78 is 2.78. The second-order valence-electron chi connectivity index (χ2n) is 6.47. The largest absolute Gasteiger partial charge is 0.327 e. The van der Waals surface area contributed by atoms with E-state index in [-0.39, 0.29) is 9.04 Å². The molecule has 18 heavy (non-hydrogen) atoms. The monoisotopic (exact) mass is 288 g/mol. The molecule has 0 fully saturated rings. The lowest BCUT2D eigenvalue weighted by molar-refractivity contribution is 0.154. The van der Waals surface area contributed by atoms with Crippen molar-refractivity contribution in [2.75, 3.05) is 26.2 Å². The molecular formula is C14H36N2Si2. The Balaban J connectivity index is 4.54. The molecule has 0 unspecified atom stereocenters. The molecule has 0 amide bonds. The summed E-state index contributed by atoms with van der Waals surface area (Å²) in [5.41, 5.74) is 0.410. The van der Waals surface area contributed by atoms with Crippen molar-refractivity contribution < 1.29 is 0 Å². The summed E-state index contributed by atoms with van der Waals surface area (Å²) in [6.07, 6.45) is 0. The molecule has 0 N–H and O–H groups in total. The van der Waals surface area contributed by atoms with Crippen molar-refractivity contribution in [3.63, 3.8) is 0 Å². The van der Waals surface area contributed by atoms with Gasteiger partial charge in [-0.15, -0.1) is 0 Å². The van der Waals surface area contributed by atoms with Crippen molar-refractivity contribution in [3.8, 4) is 0 Å². The minimum Gasteiger partial charge on any atom is -0.327 e. The molecule has 0 aliphatic carbocycles. The van der Waals surface area contributed by atoms with E-state index in [2.05, 4.69) is 64.1 Å². The van der Waals surface area contributed by atoms with Crippen molar-refractivity contribution in [1.82, 2.24) is 9.47 Å². The Bertz CT molecular complexity index is 198. The van der Waals surface area contributed by atoms with Gasteiger partial charge in [0.2, 0.25) is 0 Å². The van der Waals surface area contributed by atoms with Crippen LogP contribution in [-0.2, 0) is 0 Å². The van der Waals surface area contributed by atoms with Crippen LogP contribution in [0.25, 0.3) is 0 Å². The Labute approximate surface area is 119 Å². The van der Waals surface area contributed by atoms with E-state index in [1.165, 1.54) is 32.2 Å². The molecule has 0 aliphatic rings. The maximum Gasteiger partial charge on any atom is 0.105 e. The molecule has 0 aromatic carbocycles. The summed E-state index contributed by atoms with van der Waals surface area (Å²) >= 11 is 0. The van der Waals surface area contributed by atoms with E-state index in [1.807, 2.05) is 0 Å². The van der Waals surface area contributed by atoms with Gasteiger partial charge in [0.05, 0.1) is 0 Å². The number of rotatable bonds is 9. The van der Waals surface area contributed by atoms with Crippen molar-refractivity contribution >= 4 is 16.8 Å². The minimum absolute atomic E-state index is 0.0274. The third-order valence-corrected chi connectivity index (χ3v) is 15.4. The van der Waals surface area contributed by atoms with Crippen LogP contribution in [-0.4, -0.2) is 58.0 Å². The molecule has 0 aromatic heterocycles. The molecule has 4 heteroatoms. The molecule has 0 atom stereocenters. The van der Waals surface area contributed by atoms with Gasteiger partial charge in [-0.25, -0.2) is 0 Å². The van der Waals surface area contributed by atoms with Crippen molar-refractivity contribution in [3.05, 3.63) is 0 Å². The highest BCUT2D eigenvalue weighted by molar-refractivity contribution is 7.22. The molecule has 0 bridgehead atoms. The zero-order valence-electron chi connectivity index (χ0n) is 14.1. The predicted octanol–water partition coefficient (Wildman–Crippen LogP) is 2.74. The van der Waals surface area contributed by atoms with Crippen LogP contribution in [0.3, 0.4) is 0 Å². The molecule has 0 aromatic rings. The predicted molar refractivity (Wildman–Crippen MR) is 90.8 cm³/mol. The molecule has 0 spiro atoms. The first kappa shape index (κ1) is 18.4. The normalized spacial score (nSPS) is 14.3. The SMILES string of the molecule is CCN(CC)C(C)(C)C[SiH2][Si](C)(C)N(CC)CC. The number of hydrogen-bond donors (Lipinski definition) is 0. The third-order valence-electron chi connectivity index (χ3n) is 4.59. The van der Waals surface area contributed by atoms with Gasteiger partial charge in [-0.05, 0) is 46.1 Å². The quantitative estimate of drug-likeness (QED) is 0.602. The van der Waals surface area contributed by atoms with Gasteiger partial charge >= 0.3 is 0 Å². The first-order valence-electron chi connectivity index (χ1n) is 7.75. The van der Waals surface area contributed by atoms with Crippen LogP contribution in [0.15, 0.2) is 0 Å². The third kappa shape index (κ3) is 5.15. The lowest BCUT2D eigenvalue weighted by atomic mass is 10.1. The Kier molecular flexibility index (Phi) is 7.98. The average molecular weight is 289 g/mol. The van der Waals surface area contributed by atoms with Gasteiger partial charge in [-0.2, -0.15) is 0 Å². The molecule has 0 aliphatic heterocycles. The van der Waals surface area contributed by atoms with Gasteiger partial charge in [0.1, 0.15) is 7.75 Å². The van der Waals surface area contributed by atoms with E-state index in [1.54, 1.807) is 0 Å². The molecule has 0 heterocycles. The highest BCUT2D eigenvalue weighted by Gasteiger charge is 2.32. The van der Waals surface area contributed by atoms with Gasteiger partial charge in [0.15, 0.2) is 0 Å². The first-order chi connectivity index (χ1) is 8.25. The van der Waals surface area contributed by atoms with Crippen LogP contribution >= 0.6 is 0 Å². The fourth-order valence-electron chi connectivity index (χ4n) is 3.09. The van der Waals surface area contributed by atoms with E-state index < -0.39 is 7.75 Å². The molecule has 0 saturated carbocycles. The molecule has 0 saturated heterocycles. The summed E-state index contributed by atoms with van der Waals surface area (Å²) in [7, 11) is -1.04. The second-order valence-corrected chi connectivity index (χ2v) is 18.4. The van der Waals surface area contributed by atoms with Crippen LogP contribution in [0.1, 0.15) is 41.5 Å². The average Bonchev–Trinajstić information content (AvgIpc) is 2.29. The van der Waals surface area contributed by atoms with Crippen molar-refractivity contribution in [2.45, 2.75) is 66.2 Å². The van der Waals surface area contributed by atoms with Gasteiger partial charge in [0.25, 0.3) is 0 Å². The maximum absolute atomic E-state index is 2.78. The number of nitrogens with zero attached hydrogens (tertiary/aromatic N) is 2. The maximum atomic E-state index is 2.78. The van der Waals surface area contributed by atoms with Crippen LogP contribution in [0.4, 0.5) is 0 Å². The van der Waals surface area contributed by atoms with Gasteiger partial charge in [-0.1, -0.05) is 40.8 Å². The molecule has 110 valence electrons. The zero-order valence-corrected chi connectivity index (χ0v) is 16.6. The lowest BCUT2D eigenvalue weighted by Crippen LogP contribution is -2.56. The van der Waals surface area contributed by atoms with Gasteiger partial charge in [0, 0.05) is 14.6 Å². The standard InChI is InChI=1S/C14H36N2Si2/c1-9-15(10-2)14(5,6)13-17-18(7,8)16(11-3)12-4/h9-13,17H2,1-8H3. The smallest absolute Gasteiger partial charge is 0.105 e. The van der Waals surface area contributed by atoms with Crippen molar-refractivity contribution in [2.24, 2.45) is 0 Å². The second kappa shape index (κ2) is 7.83. The highest BCUT2D eigenvalue weighted by atomic mass is 29.2. The van der Waals surface area contributed by atoms with E-state index in [0.717, 1.165) is 0 Å². The molecule has 0 rings (SSSR count). The topological polar surface area (TPSA) is 6.48 Å². The minimum atomic E-state index is -1.07. The summed E-state index contributed by atoms with van der Waals surface area (Å²) in [4.78, 5) is 2.63. The van der Waals surface area contributed by atoms with Gasteiger partial charge < -0.3 is 4.57 Å². The fourth-order valence-corrected chi connectivity index (χ4v) is 12.6. The Morgan fingerprint density at radius 2 is 1.33 bits per heavy atom. The summed E-state index contributed by atoms with van der Waals surface area (Å²) in [6, 6.07) is 1.46. The van der Waals surface area contributed by atoms with E-state index in [9.17, 15) is 0 Å². The summed E-state index contributed by atoms with van der Waals surface area (Å²) in [5, 5.41) is 0. The molecule has 0 radical (unpaired) electrons. The lowest BCUT2D eigenvalue weighted by Gasteiger charge is -2.41. The van der Waals surface area contributed by atoms with Crippen molar-refractivity contribution in [1.29, 1.82) is 0 Å². The van der Waals surface area contributed by atoms with Crippen LogP contribution < -0.4 is 0 Å². The van der Waals surface area contributed by atoms with E-state index in [4.69, 9.17) is 0 Å². The zero-order chi connectivity index (χ0) is 14.4. The van der Waals surface area contributed by atoms with Crippen LogP contribution in [0, 0.1) is 0 Å². The summed E-state index contributed by atoms with van der Waals surface area (Å²) in [6.45, 7) is 24.2.